The first-order valence-corrected chi connectivity index (χ1v) is 4.13. The van der Waals surface area contributed by atoms with Crippen molar-refractivity contribution in [2.45, 2.75) is 6.42 Å². The minimum Gasteiger partial charge on any atom is -0.508 e. The average molecular weight is 212 g/mol. The van der Waals surface area contributed by atoms with Crippen molar-refractivity contribution in [2.24, 2.45) is 0 Å². The van der Waals surface area contributed by atoms with E-state index in [-0.39, 0.29) is 11.3 Å². The van der Waals surface area contributed by atoms with E-state index in [1.54, 1.807) is 0 Å². The molecule has 0 atom stereocenters. The Hall–Kier alpha value is -1.91. The fraction of sp³-hybridized carbons (Fsp3) is 0.200. The number of phenolic OH excluding ortho intramolecular Hbond substituents is 1. The summed E-state index contributed by atoms with van der Waals surface area (Å²) in [5, 5.41) is 9.05. The summed E-state index contributed by atoms with van der Waals surface area (Å²) < 4.78 is 17.3. The monoisotopic (exact) mass is 212 g/mol. The lowest BCUT2D eigenvalue weighted by molar-refractivity contribution is -0.151. The third-order valence-corrected chi connectivity index (χ3v) is 1.79. The highest BCUT2D eigenvalue weighted by atomic mass is 19.1. The van der Waals surface area contributed by atoms with E-state index in [4.69, 9.17) is 5.11 Å². The molecule has 0 unspecified atom stereocenters. The molecule has 0 aliphatic rings. The SMILES string of the molecule is COC(=O)C(=O)Cc1cc(O)ccc1F. The van der Waals surface area contributed by atoms with Crippen LogP contribution >= 0.6 is 0 Å². The first-order valence-electron chi connectivity index (χ1n) is 4.13. The van der Waals surface area contributed by atoms with Crippen LogP contribution in [0.2, 0.25) is 0 Å². The topological polar surface area (TPSA) is 63.6 Å². The summed E-state index contributed by atoms with van der Waals surface area (Å²) in [5.74, 6) is -2.70. The lowest BCUT2D eigenvalue weighted by Crippen LogP contribution is -2.18. The van der Waals surface area contributed by atoms with Crippen molar-refractivity contribution >= 4 is 11.8 Å². The van der Waals surface area contributed by atoms with Gasteiger partial charge in [-0.15, -0.1) is 0 Å². The lowest BCUT2D eigenvalue weighted by Gasteiger charge is -2.02. The van der Waals surface area contributed by atoms with Gasteiger partial charge in [-0.05, 0) is 23.8 Å². The molecule has 15 heavy (non-hydrogen) atoms. The second-order valence-corrected chi connectivity index (χ2v) is 2.87. The third kappa shape index (κ3) is 2.77. The van der Waals surface area contributed by atoms with Gasteiger partial charge >= 0.3 is 5.97 Å². The van der Waals surface area contributed by atoms with Crippen molar-refractivity contribution in [2.75, 3.05) is 7.11 Å². The molecule has 80 valence electrons. The van der Waals surface area contributed by atoms with Crippen LogP contribution in [0.3, 0.4) is 0 Å². The second-order valence-electron chi connectivity index (χ2n) is 2.87. The number of carbonyl (C=O) groups excluding carboxylic acids is 2. The van der Waals surface area contributed by atoms with Crippen LogP contribution in [-0.2, 0) is 20.7 Å². The number of ketones is 1. The number of esters is 1. The van der Waals surface area contributed by atoms with Gasteiger partial charge in [-0.2, -0.15) is 0 Å². The van der Waals surface area contributed by atoms with E-state index in [1.807, 2.05) is 0 Å². The van der Waals surface area contributed by atoms with Gasteiger partial charge in [0.1, 0.15) is 11.6 Å². The predicted molar refractivity (Wildman–Crippen MR) is 48.8 cm³/mol. The summed E-state index contributed by atoms with van der Waals surface area (Å²) in [6, 6.07) is 3.27. The summed E-state index contributed by atoms with van der Waals surface area (Å²) in [6.45, 7) is 0. The van der Waals surface area contributed by atoms with Crippen molar-refractivity contribution < 1.29 is 23.8 Å². The first kappa shape index (κ1) is 11.2. The molecule has 5 heteroatoms. The molecule has 0 amide bonds. The van der Waals surface area contributed by atoms with Crippen LogP contribution < -0.4 is 0 Å². The molecule has 0 fully saturated rings. The van der Waals surface area contributed by atoms with Gasteiger partial charge in [0.05, 0.1) is 7.11 Å². The van der Waals surface area contributed by atoms with Gasteiger partial charge in [-0.25, -0.2) is 9.18 Å². The molecule has 4 nitrogen and oxygen atoms in total. The summed E-state index contributed by atoms with van der Waals surface area (Å²) in [7, 11) is 1.07. The normalized spacial score (nSPS) is 9.73. The van der Waals surface area contributed by atoms with Gasteiger partial charge in [0.2, 0.25) is 5.78 Å². The molecule has 0 spiro atoms. The average Bonchev–Trinajstić information content (AvgIpc) is 2.22. The maximum Gasteiger partial charge on any atom is 0.374 e. The van der Waals surface area contributed by atoms with E-state index in [0.29, 0.717) is 0 Å². The van der Waals surface area contributed by atoms with E-state index >= 15 is 0 Å². The number of benzene rings is 1. The van der Waals surface area contributed by atoms with E-state index in [1.165, 1.54) is 0 Å². The summed E-state index contributed by atoms with van der Waals surface area (Å²) >= 11 is 0. The Kier molecular flexibility index (Phi) is 3.38. The maximum atomic E-state index is 13.1. The molecule has 0 aliphatic heterocycles. The fourth-order valence-electron chi connectivity index (χ4n) is 1.06. The van der Waals surface area contributed by atoms with E-state index in [0.717, 1.165) is 25.3 Å². The number of hydrogen-bond acceptors (Lipinski definition) is 4. The molecular weight excluding hydrogens is 203 g/mol. The quantitative estimate of drug-likeness (QED) is 0.595. The van der Waals surface area contributed by atoms with Crippen LogP contribution in [0.5, 0.6) is 5.75 Å². The summed E-state index contributed by atoms with van der Waals surface area (Å²) in [5.41, 5.74) is -0.0367. The Morgan fingerprint density at radius 2 is 2.13 bits per heavy atom. The van der Waals surface area contributed by atoms with Crippen molar-refractivity contribution in [3.63, 3.8) is 0 Å². The number of hydrogen-bond donors (Lipinski definition) is 1. The Labute approximate surface area is 85.3 Å². The van der Waals surface area contributed by atoms with Crippen LogP contribution in [0.1, 0.15) is 5.56 Å². The molecule has 1 N–H and O–H groups in total. The van der Waals surface area contributed by atoms with E-state index in [2.05, 4.69) is 4.74 Å². The largest absolute Gasteiger partial charge is 0.508 e. The van der Waals surface area contributed by atoms with E-state index in [9.17, 15) is 14.0 Å². The molecule has 0 saturated heterocycles. The Bertz CT molecular complexity index is 400. The number of Topliss-reactive ketones (excluding diaryl/α,β-unsaturated/α-hetero) is 1. The van der Waals surface area contributed by atoms with Crippen LogP contribution in [0.15, 0.2) is 18.2 Å². The molecule has 0 radical (unpaired) electrons. The van der Waals surface area contributed by atoms with Gasteiger partial charge < -0.3 is 9.84 Å². The Morgan fingerprint density at radius 3 is 2.73 bits per heavy atom. The number of halogens is 1. The highest BCUT2D eigenvalue weighted by Gasteiger charge is 2.16. The summed E-state index contributed by atoms with van der Waals surface area (Å²) in [4.78, 5) is 21.8. The molecule has 1 aromatic carbocycles. The van der Waals surface area contributed by atoms with Gasteiger partial charge in [-0.1, -0.05) is 0 Å². The molecule has 1 aromatic rings. The van der Waals surface area contributed by atoms with Crippen LogP contribution in [0.25, 0.3) is 0 Å². The van der Waals surface area contributed by atoms with Crippen LogP contribution in [0.4, 0.5) is 4.39 Å². The third-order valence-electron chi connectivity index (χ3n) is 1.79. The highest BCUT2D eigenvalue weighted by Crippen LogP contribution is 2.16. The zero-order valence-corrected chi connectivity index (χ0v) is 7.99. The highest BCUT2D eigenvalue weighted by molar-refractivity contribution is 6.34. The standard InChI is InChI=1S/C10H9FO4/c1-15-10(14)9(13)5-6-4-7(12)2-3-8(6)11/h2-4,12H,5H2,1H3. The molecule has 0 aliphatic carbocycles. The second kappa shape index (κ2) is 4.54. The van der Waals surface area contributed by atoms with Crippen LogP contribution in [-0.4, -0.2) is 24.0 Å². The Balaban J connectivity index is 2.85. The molecule has 0 saturated carbocycles. The smallest absolute Gasteiger partial charge is 0.374 e. The minimum absolute atomic E-state index is 0.0367. The minimum atomic E-state index is -1.03. The lowest BCUT2D eigenvalue weighted by atomic mass is 10.1. The van der Waals surface area contributed by atoms with Crippen LogP contribution in [0, 0.1) is 5.82 Å². The first-order chi connectivity index (χ1) is 7.04. The number of methoxy groups -OCH3 is 1. The molecule has 0 bridgehead atoms. The van der Waals surface area contributed by atoms with Crippen molar-refractivity contribution in [3.05, 3.63) is 29.6 Å². The van der Waals surface area contributed by atoms with Gasteiger partial charge in [0.25, 0.3) is 0 Å². The summed E-state index contributed by atoms with van der Waals surface area (Å²) in [6.07, 6.45) is -0.424. The molecular formula is C10H9FO4. The predicted octanol–water partition coefficient (Wildman–Crippen LogP) is 0.816. The number of phenols is 1. The molecule has 1 rings (SSSR count). The van der Waals surface area contributed by atoms with Gasteiger partial charge in [-0.3, -0.25) is 4.79 Å². The maximum absolute atomic E-state index is 13.1. The molecule has 0 heterocycles. The van der Waals surface area contributed by atoms with Gasteiger partial charge in [0.15, 0.2) is 0 Å². The van der Waals surface area contributed by atoms with Crippen molar-refractivity contribution in [3.8, 4) is 5.75 Å². The van der Waals surface area contributed by atoms with Gasteiger partial charge in [0, 0.05) is 6.42 Å². The number of carbonyl (C=O) groups is 2. The fourth-order valence-corrected chi connectivity index (χ4v) is 1.06. The van der Waals surface area contributed by atoms with Crippen molar-refractivity contribution in [1.82, 2.24) is 0 Å². The molecule has 0 aromatic heterocycles. The van der Waals surface area contributed by atoms with E-state index < -0.39 is 24.0 Å². The number of rotatable bonds is 3. The zero-order valence-electron chi connectivity index (χ0n) is 7.99. The Morgan fingerprint density at radius 1 is 1.47 bits per heavy atom. The zero-order chi connectivity index (χ0) is 11.4. The van der Waals surface area contributed by atoms with Crippen molar-refractivity contribution in [1.29, 1.82) is 0 Å². The number of ether oxygens (including phenoxy) is 1. The number of aromatic hydroxyl groups is 1.